The zero-order valence-electron chi connectivity index (χ0n) is 16.1. The van der Waals surface area contributed by atoms with Crippen molar-refractivity contribution in [2.75, 3.05) is 24.9 Å². The van der Waals surface area contributed by atoms with E-state index in [2.05, 4.69) is 10.6 Å². The number of esters is 1. The van der Waals surface area contributed by atoms with Crippen molar-refractivity contribution in [3.8, 4) is 11.5 Å². The molecule has 0 bridgehead atoms. The molecule has 2 aromatic carbocycles. The van der Waals surface area contributed by atoms with Gasteiger partial charge in [0.2, 0.25) is 5.91 Å². The molecular weight excluding hydrogens is 364 g/mol. The van der Waals surface area contributed by atoms with Gasteiger partial charge in [0.25, 0.3) is 5.91 Å². The molecular formula is C20H22N2O6. The normalized spacial score (nSPS) is 11.1. The monoisotopic (exact) mass is 386 g/mol. The summed E-state index contributed by atoms with van der Waals surface area (Å²) < 4.78 is 15.5. The third-order valence-corrected chi connectivity index (χ3v) is 3.75. The van der Waals surface area contributed by atoms with Gasteiger partial charge in [0.05, 0.1) is 19.8 Å². The third kappa shape index (κ3) is 5.47. The Hall–Kier alpha value is -3.55. The van der Waals surface area contributed by atoms with E-state index < -0.39 is 18.0 Å². The number of hydrogen-bond acceptors (Lipinski definition) is 6. The van der Waals surface area contributed by atoms with Gasteiger partial charge < -0.3 is 24.8 Å². The lowest BCUT2D eigenvalue weighted by Gasteiger charge is -2.15. The molecule has 28 heavy (non-hydrogen) atoms. The van der Waals surface area contributed by atoms with Crippen LogP contribution in [0.4, 0.5) is 11.4 Å². The maximum atomic E-state index is 12.3. The molecule has 0 aliphatic carbocycles. The van der Waals surface area contributed by atoms with E-state index >= 15 is 0 Å². The van der Waals surface area contributed by atoms with Crippen LogP contribution in [0.25, 0.3) is 0 Å². The van der Waals surface area contributed by atoms with Gasteiger partial charge in [0, 0.05) is 18.3 Å². The van der Waals surface area contributed by atoms with E-state index in [0.29, 0.717) is 22.9 Å². The molecule has 2 rings (SSSR count). The Morgan fingerprint density at radius 1 is 0.857 bits per heavy atom. The molecule has 2 aromatic rings. The molecule has 0 saturated heterocycles. The Bertz CT molecular complexity index is 863. The van der Waals surface area contributed by atoms with Crippen LogP contribution < -0.4 is 20.1 Å². The molecule has 8 nitrogen and oxygen atoms in total. The number of nitrogens with one attached hydrogen (secondary N) is 2. The summed E-state index contributed by atoms with van der Waals surface area (Å²) in [6.07, 6.45) is -1.02. The highest BCUT2D eigenvalue weighted by Gasteiger charge is 2.20. The quantitative estimate of drug-likeness (QED) is 0.710. The molecule has 2 amide bonds. The maximum absolute atomic E-state index is 12.3. The molecule has 0 heterocycles. The molecule has 0 saturated carbocycles. The molecule has 8 heteroatoms. The predicted molar refractivity (Wildman–Crippen MR) is 104 cm³/mol. The molecule has 0 aliphatic rings. The minimum absolute atomic E-state index is 0.188. The second kappa shape index (κ2) is 9.40. The molecule has 0 radical (unpaired) electrons. The molecule has 0 spiro atoms. The summed E-state index contributed by atoms with van der Waals surface area (Å²) in [4.78, 5) is 35.6. The number of carbonyl (C=O) groups excluding carboxylic acids is 3. The second-order valence-corrected chi connectivity index (χ2v) is 5.87. The standard InChI is InChI=1S/C20H22N2O6/c1-12(19(24)22-16-8-6-15(7-9-16)21-13(2)23)28-20(25)14-5-10-17(26-3)18(11-14)27-4/h5-12H,1-4H3,(H,21,23)(H,22,24)/t12-/m1/s1. The lowest BCUT2D eigenvalue weighted by atomic mass is 10.2. The van der Waals surface area contributed by atoms with E-state index in [1.165, 1.54) is 40.2 Å². The van der Waals surface area contributed by atoms with Crippen molar-refractivity contribution < 1.29 is 28.6 Å². The van der Waals surface area contributed by atoms with Crippen molar-refractivity contribution in [1.29, 1.82) is 0 Å². The summed E-state index contributed by atoms with van der Waals surface area (Å²) in [6, 6.07) is 11.1. The number of rotatable bonds is 7. The van der Waals surface area contributed by atoms with Gasteiger partial charge in [-0.05, 0) is 49.4 Å². The third-order valence-electron chi connectivity index (χ3n) is 3.75. The van der Waals surface area contributed by atoms with E-state index in [1.54, 1.807) is 30.3 Å². The van der Waals surface area contributed by atoms with Crippen molar-refractivity contribution in [3.63, 3.8) is 0 Å². The van der Waals surface area contributed by atoms with Gasteiger partial charge in [0.1, 0.15) is 0 Å². The fraction of sp³-hybridized carbons (Fsp3) is 0.250. The van der Waals surface area contributed by atoms with E-state index in [-0.39, 0.29) is 11.5 Å². The van der Waals surface area contributed by atoms with Crippen molar-refractivity contribution >= 4 is 29.2 Å². The van der Waals surface area contributed by atoms with Gasteiger partial charge in [-0.15, -0.1) is 0 Å². The molecule has 148 valence electrons. The summed E-state index contributed by atoms with van der Waals surface area (Å²) in [6.45, 7) is 2.88. The first-order valence-electron chi connectivity index (χ1n) is 8.45. The topological polar surface area (TPSA) is 103 Å². The summed E-state index contributed by atoms with van der Waals surface area (Å²) >= 11 is 0. The summed E-state index contributed by atoms with van der Waals surface area (Å²) in [5, 5.41) is 5.28. The smallest absolute Gasteiger partial charge is 0.339 e. The van der Waals surface area contributed by atoms with E-state index in [9.17, 15) is 14.4 Å². The minimum atomic E-state index is -1.02. The van der Waals surface area contributed by atoms with Crippen LogP contribution in [0, 0.1) is 0 Å². The van der Waals surface area contributed by atoms with Crippen molar-refractivity contribution in [1.82, 2.24) is 0 Å². The summed E-state index contributed by atoms with van der Waals surface area (Å²) in [7, 11) is 2.95. The Morgan fingerprint density at radius 2 is 1.43 bits per heavy atom. The molecule has 0 fully saturated rings. The van der Waals surface area contributed by atoms with E-state index in [0.717, 1.165) is 0 Å². The van der Waals surface area contributed by atoms with Crippen LogP contribution in [0.1, 0.15) is 24.2 Å². The van der Waals surface area contributed by atoms with Crippen LogP contribution in [0.3, 0.4) is 0 Å². The number of hydrogen-bond donors (Lipinski definition) is 2. The van der Waals surface area contributed by atoms with Gasteiger partial charge in [-0.25, -0.2) is 4.79 Å². The second-order valence-electron chi connectivity index (χ2n) is 5.87. The number of benzene rings is 2. The number of methoxy groups -OCH3 is 2. The van der Waals surface area contributed by atoms with Crippen LogP contribution in [0.2, 0.25) is 0 Å². The number of carbonyl (C=O) groups is 3. The fourth-order valence-electron chi connectivity index (χ4n) is 2.33. The zero-order chi connectivity index (χ0) is 20.7. The van der Waals surface area contributed by atoms with Crippen LogP contribution in [0.15, 0.2) is 42.5 Å². The minimum Gasteiger partial charge on any atom is -0.493 e. The molecule has 0 aliphatic heterocycles. The average Bonchev–Trinajstić information content (AvgIpc) is 2.68. The maximum Gasteiger partial charge on any atom is 0.339 e. The van der Waals surface area contributed by atoms with Crippen LogP contribution >= 0.6 is 0 Å². The molecule has 1 atom stereocenters. The van der Waals surface area contributed by atoms with E-state index in [1.807, 2.05) is 0 Å². The summed E-state index contributed by atoms with van der Waals surface area (Å²) in [5.74, 6) is -0.473. The van der Waals surface area contributed by atoms with Gasteiger partial charge in [-0.1, -0.05) is 0 Å². The highest BCUT2D eigenvalue weighted by atomic mass is 16.5. The Labute approximate surface area is 162 Å². The van der Waals surface area contributed by atoms with Gasteiger partial charge in [-0.2, -0.15) is 0 Å². The van der Waals surface area contributed by atoms with E-state index in [4.69, 9.17) is 14.2 Å². The largest absolute Gasteiger partial charge is 0.493 e. The fourth-order valence-corrected chi connectivity index (χ4v) is 2.33. The van der Waals surface area contributed by atoms with Gasteiger partial charge >= 0.3 is 5.97 Å². The van der Waals surface area contributed by atoms with Crippen molar-refractivity contribution in [3.05, 3.63) is 48.0 Å². The van der Waals surface area contributed by atoms with Gasteiger partial charge in [0.15, 0.2) is 17.6 Å². The zero-order valence-corrected chi connectivity index (χ0v) is 16.1. The molecule has 2 N–H and O–H groups in total. The highest BCUT2D eigenvalue weighted by molar-refractivity contribution is 5.98. The van der Waals surface area contributed by atoms with Crippen LogP contribution in [0.5, 0.6) is 11.5 Å². The SMILES string of the molecule is COc1ccc(C(=O)O[C@H](C)C(=O)Nc2ccc(NC(C)=O)cc2)cc1OC. The molecule has 0 unspecified atom stereocenters. The molecule has 0 aromatic heterocycles. The number of ether oxygens (including phenoxy) is 3. The van der Waals surface area contributed by atoms with Gasteiger partial charge in [-0.3, -0.25) is 9.59 Å². The highest BCUT2D eigenvalue weighted by Crippen LogP contribution is 2.28. The lowest BCUT2D eigenvalue weighted by Crippen LogP contribution is -2.30. The van der Waals surface area contributed by atoms with Crippen LogP contribution in [-0.4, -0.2) is 38.1 Å². The van der Waals surface area contributed by atoms with Crippen molar-refractivity contribution in [2.24, 2.45) is 0 Å². The Kier molecular flexibility index (Phi) is 6.97. The first-order valence-corrected chi connectivity index (χ1v) is 8.45. The first kappa shape index (κ1) is 20.8. The van der Waals surface area contributed by atoms with Crippen LogP contribution in [-0.2, 0) is 14.3 Å². The number of anilines is 2. The van der Waals surface area contributed by atoms with Crippen molar-refractivity contribution in [2.45, 2.75) is 20.0 Å². The number of amides is 2. The summed E-state index contributed by atoms with van der Waals surface area (Å²) in [5.41, 5.74) is 1.35. The lowest BCUT2D eigenvalue weighted by molar-refractivity contribution is -0.123. The Morgan fingerprint density at radius 3 is 1.96 bits per heavy atom. The predicted octanol–water partition coefficient (Wildman–Crippen LogP) is 2.85. The Balaban J connectivity index is 1.98. The average molecular weight is 386 g/mol. The first-order chi connectivity index (χ1) is 13.3.